The summed E-state index contributed by atoms with van der Waals surface area (Å²) in [6, 6.07) is 5.15. The highest BCUT2D eigenvalue weighted by atomic mass is 35.5. The van der Waals surface area contributed by atoms with Crippen molar-refractivity contribution in [2.45, 2.75) is 6.92 Å². The van der Waals surface area contributed by atoms with Gasteiger partial charge in [0, 0.05) is 11.6 Å². The number of benzene rings is 1. The van der Waals surface area contributed by atoms with Crippen LogP contribution in [0.2, 0.25) is 5.02 Å². The molecule has 0 amide bonds. The fraction of sp³-hybridized carbons (Fsp3) is 0.182. The van der Waals surface area contributed by atoms with E-state index in [2.05, 4.69) is 9.71 Å². The van der Waals surface area contributed by atoms with Gasteiger partial charge in [-0.25, -0.2) is 8.42 Å². The summed E-state index contributed by atoms with van der Waals surface area (Å²) in [4.78, 5) is 4.21. The van der Waals surface area contributed by atoms with E-state index in [1.807, 2.05) is 6.92 Å². The SMILES string of the molecule is Cc1cc(Cl)c(NS(=O)(=O)CCl)c2cccnc12. The number of halogens is 2. The van der Waals surface area contributed by atoms with Crippen LogP contribution < -0.4 is 4.72 Å². The highest BCUT2D eigenvalue weighted by Gasteiger charge is 2.15. The van der Waals surface area contributed by atoms with Crippen molar-refractivity contribution in [2.24, 2.45) is 0 Å². The molecule has 1 aromatic carbocycles. The summed E-state index contributed by atoms with van der Waals surface area (Å²) in [7, 11) is -3.60. The number of aromatic nitrogens is 1. The van der Waals surface area contributed by atoms with Crippen molar-refractivity contribution in [3.05, 3.63) is 35.0 Å². The van der Waals surface area contributed by atoms with E-state index >= 15 is 0 Å². The van der Waals surface area contributed by atoms with Crippen molar-refractivity contribution in [3.8, 4) is 0 Å². The standard InChI is InChI=1S/C11H10Cl2N2O2S/c1-7-5-9(13)11(15-18(16,17)6-12)8-3-2-4-14-10(7)8/h2-5,15H,6H2,1H3. The summed E-state index contributed by atoms with van der Waals surface area (Å²) in [6.07, 6.45) is 1.64. The van der Waals surface area contributed by atoms with Crippen LogP contribution in [-0.2, 0) is 10.0 Å². The van der Waals surface area contributed by atoms with Crippen LogP contribution in [0.25, 0.3) is 10.9 Å². The van der Waals surface area contributed by atoms with E-state index in [1.165, 1.54) is 0 Å². The van der Waals surface area contributed by atoms with E-state index in [-0.39, 0.29) is 0 Å². The zero-order valence-electron chi connectivity index (χ0n) is 9.44. The number of aryl methyl sites for hydroxylation is 1. The lowest BCUT2D eigenvalue weighted by atomic mass is 10.1. The number of pyridine rings is 1. The molecule has 2 rings (SSSR count). The van der Waals surface area contributed by atoms with Crippen LogP contribution in [0.15, 0.2) is 24.4 Å². The smallest absolute Gasteiger partial charge is 0.246 e. The molecule has 7 heteroatoms. The van der Waals surface area contributed by atoms with Crippen molar-refractivity contribution < 1.29 is 8.42 Å². The average Bonchev–Trinajstić information content (AvgIpc) is 2.34. The number of anilines is 1. The number of hydrogen-bond acceptors (Lipinski definition) is 3. The van der Waals surface area contributed by atoms with Crippen LogP contribution in [0.3, 0.4) is 0 Å². The molecule has 2 aromatic rings. The molecule has 96 valence electrons. The molecule has 0 unspecified atom stereocenters. The fourth-order valence-electron chi connectivity index (χ4n) is 1.67. The van der Waals surface area contributed by atoms with Crippen LogP contribution in [0.4, 0.5) is 5.69 Å². The summed E-state index contributed by atoms with van der Waals surface area (Å²) in [6.45, 7) is 1.86. The van der Waals surface area contributed by atoms with E-state index in [1.54, 1.807) is 24.4 Å². The van der Waals surface area contributed by atoms with Gasteiger partial charge in [-0.15, -0.1) is 11.6 Å². The molecule has 0 aliphatic heterocycles. The van der Waals surface area contributed by atoms with Gasteiger partial charge in [-0.2, -0.15) is 0 Å². The summed E-state index contributed by atoms with van der Waals surface area (Å²) in [5, 5.41) is 0.441. The number of nitrogens with zero attached hydrogens (tertiary/aromatic N) is 1. The largest absolute Gasteiger partial charge is 0.280 e. The lowest BCUT2D eigenvalue weighted by Crippen LogP contribution is -2.14. The Balaban J connectivity index is 2.71. The number of nitrogens with one attached hydrogen (secondary N) is 1. The maximum absolute atomic E-state index is 11.5. The predicted molar refractivity (Wildman–Crippen MR) is 74.8 cm³/mol. The molecule has 0 fully saturated rings. The van der Waals surface area contributed by atoms with Gasteiger partial charge in [0.05, 0.1) is 16.2 Å². The van der Waals surface area contributed by atoms with Crippen molar-refractivity contribution in [2.75, 3.05) is 9.93 Å². The van der Waals surface area contributed by atoms with Crippen LogP contribution in [0.1, 0.15) is 5.56 Å². The molecule has 0 bridgehead atoms. The van der Waals surface area contributed by atoms with E-state index in [4.69, 9.17) is 23.2 Å². The molecule has 4 nitrogen and oxygen atoms in total. The molecule has 0 saturated heterocycles. The third-order valence-electron chi connectivity index (χ3n) is 2.43. The number of hydrogen-bond donors (Lipinski definition) is 1. The molecule has 0 aliphatic rings. The van der Waals surface area contributed by atoms with Crippen LogP contribution in [0, 0.1) is 6.92 Å². The van der Waals surface area contributed by atoms with Crippen molar-refractivity contribution in [1.82, 2.24) is 4.98 Å². The molecule has 0 radical (unpaired) electrons. The first-order valence-corrected chi connectivity index (χ1v) is 7.61. The van der Waals surface area contributed by atoms with Gasteiger partial charge in [0.1, 0.15) is 5.21 Å². The first kappa shape index (κ1) is 13.4. The summed E-state index contributed by atoms with van der Waals surface area (Å²) >= 11 is 11.4. The number of fused-ring (bicyclic) bond motifs is 1. The van der Waals surface area contributed by atoms with Gasteiger partial charge >= 0.3 is 0 Å². The Hall–Kier alpha value is -1.04. The second kappa shape index (κ2) is 4.91. The summed E-state index contributed by atoms with van der Waals surface area (Å²) in [5.74, 6) is 0. The predicted octanol–water partition coefficient (Wildman–Crippen LogP) is 3.13. The Kier molecular flexibility index (Phi) is 3.66. The molecule has 1 aromatic heterocycles. The zero-order valence-corrected chi connectivity index (χ0v) is 11.8. The molecule has 0 saturated carbocycles. The van der Waals surface area contributed by atoms with Gasteiger partial charge in [0.25, 0.3) is 0 Å². The van der Waals surface area contributed by atoms with E-state index < -0.39 is 15.2 Å². The highest BCUT2D eigenvalue weighted by Crippen LogP contribution is 2.33. The van der Waals surface area contributed by atoms with E-state index in [0.29, 0.717) is 21.6 Å². The van der Waals surface area contributed by atoms with Crippen molar-refractivity contribution in [3.63, 3.8) is 0 Å². The quantitative estimate of drug-likeness (QED) is 0.886. The molecule has 0 atom stereocenters. The molecule has 0 spiro atoms. The third kappa shape index (κ3) is 2.53. The second-order valence-corrected chi connectivity index (χ2v) is 6.49. The van der Waals surface area contributed by atoms with Gasteiger partial charge in [0.15, 0.2) is 0 Å². The Morgan fingerprint density at radius 2 is 2.17 bits per heavy atom. The molecular formula is C11H10Cl2N2O2S. The molecular weight excluding hydrogens is 295 g/mol. The fourth-order valence-corrected chi connectivity index (χ4v) is 2.78. The van der Waals surface area contributed by atoms with Crippen molar-refractivity contribution >= 4 is 49.8 Å². The Morgan fingerprint density at radius 3 is 2.83 bits per heavy atom. The number of alkyl halides is 1. The molecule has 18 heavy (non-hydrogen) atoms. The first-order valence-electron chi connectivity index (χ1n) is 5.05. The monoisotopic (exact) mass is 304 g/mol. The average molecular weight is 305 g/mol. The lowest BCUT2D eigenvalue weighted by molar-refractivity contribution is 0.605. The van der Waals surface area contributed by atoms with Gasteiger partial charge < -0.3 is 0 Å². The lowest BCUT2D eigenvalue weighted by Gasteiger charge is -2.12. The van der Waals surface area contributed by atoms with Crippen LogP contribution in [0.5, 0.6) is 0 Å². The minimum Gasteiger partial charge on any atom is -0.280 e. The molecule has 0 aliphatic carbocycles. The van der Waals surface area contributed by atoms with Crippen molar-refractivity contribution in [1.29, 1.82) is 0 Å². The molecule has 1 N–H and O–H groups in total. The van der Waals surface area contributed by atoms with E-state index in [9.17, 15) is 8.42 Å². The number of sulfonamides is 1. The third-order valence-corrected chi connectivity index (χ3v) is 4.40. The van der Waals surface area contributed by atoms with Gasteiger partial charge in [-0.05, 0) is 30.7 Å². The Labute approximate surface area is 115 Å². The number of rotatable bonds is 3. The second-order valence-electron chi connectivity index (χ2n) is 3.78. The van der Waals surface area contributed by atoms with Gasteiger partial charge in [-0.1, -0.05) is 11.6 Å². The zero-order chi connectivity index (χ0) is 13.3. The normalized spacial score (nSPS) is 11.7. The first-order chi connectivity index (χ1) is 8.44. The highest BCUT2D eigenvalue weighted by molar-refractivity contribution is 7.93. The maximum atomic E-state index is 11.5. The van der Waals surface area contributed by atoms with Gasteiger partial charge in [-0.3, -0.25) is 9.71 Å². The summed E-state index contributed by atoms with van der Waals surface area (Å²) < 4.78 is 25.4. The minimum atomic E-state index is -3.60. The minimum absolute atomic E-state index is 0.311. The summed E-state index contributed by atoms with van der Waals surface area (Å²) in [5.41, 5.74) is 1.89. The van der Waals surface area contributed by atoms with E-state index in [0.717, 1.165) is 5.56 Å². The van der Waals surface area contributed by atoms with Gasteiger partial charge in [0.2, 0.25) is 10.0 Å². The Morgan fingerprint density at radius 1 is 1.44 bits per heavy atom. The molecule has 1 heterocycles. The maximum Gasteiger partial charge on any atom is 0.246 e. The Bertz CT molecular complexity index is 702. The topological polar surface area (TPSA) is 59.1 Å². The van der Waals surface area contributed by atoms with Crippen LogP contribution >= 0.6 is 23.2 Å². The van der Waals surface area contributed by atoms with Crippen LogP contribution in [-0.4, -0.2) is 18.6 Å².